The number of carbonyl (C=O) groups is 3. The molecule has 4 rings (SSSR count). The van der Waals surface area contributed by atoms with Gasteiger partial charge in [-0.1, -0.05) is 35.6 Å². The molecule has 1 fully saturated rings. The second-order valence-corrected chi connectivity index (χ2v) is 9.24. The molecule has 10 heteroatoms. The highest BCUT2D eigenvalue weighted by Gasteiger charge is 2.48. The third-order valence-corrected chi connectivity index (χ3v) is 6.99. The number of aryl methyl sites for hydroxylation is 2. The Kier molecular flexibility index (Phi) is 7.40. The summed E-state index contributed by atoms with van der Waals surface area (Å²) in [5.41, 5.74) is 1.03. The molecule has 1 aliphatic rings. The van der Waals surface area contributed by atoms with Gasteiger partial charge in [0, 0.05) is 5.56 Å². The number of thiazole rings is 1. The summed E-state index contributed by atoms with van der Waals surface area (Å²) < 4.78 is 24.9. The number of Topliss-reactive ketones (excluding diaryl/α,β-unsaturated/α-hetero) is 1. The molecule has 1 amide bonds. The molecule has 8 nitrogen and oxygen atoms in total. The molecule has 0 aliphatic carbocycles. The maximum atomic E-state index is 14.3. The van der Waals surface area contributed by atoms with Gasteiger partial charge in [-0.05, 0) is 57.0 Å². The zero-order valence-electron chi connectivity index (χ0n) is 20.7. The molecule has 0 radical (unpaired) electrons. The first-order chi connectivity index (χ1) is 17.7. The van der Waals surface area contributed by atoms with E-state index in [0.29, 0.717) is 29.2 Å². The van der Waals surface area contributed by atoms with Gasteiger partial charge in [-0.25, -0.2) is 14.2 Å². The van der Waals surface area contributed by atoms with Gasteiger partial charge in [0.05, 0.1) is 30.5 Å². The van der Waals surface area contributed by atoms with Gasteiger partial charge in [0.2, 0.25) is 0 Å². The van der Waals surface area contributed by atoms with E-state index in [4.69, 9.17) is 9.47 Å². The van der Waals surface area contributed by atoms with Crippen LogP contribution < -0.4 is 9.64 Å². The van der Waals surface area contributed by atoms with Gasteiger partial charge in [-0.3, -0.25) is 14.5 Å². The van der Waals surface area contributed by atoms with Gasteiger partial charge in [-0.15, -0.1) is 0 Å². The number of benzene rings is 2. The van der Waals surface area contributed by atoms with Crippen molar-refractivity contribution in [1.82, 2.24) is 4.98 Å². The van der Waals surface area contributed by atoms with E-state index in [2.05, 4.69) is 4.98 Å². The lowest BCUT2D eigenvalue weighted by Gasteiger charge is -2.23. The van der Waals surface area contributed by atoms with Gasteiger partial charge in [0.1, 0.15) is 22.2 Å². The maximum Gasteiger partial charge on any atom is 0.350 e. The third kappa shape index (κ3) is 4.84. The minimum atomic E-state index is -1.08. The molecule has 1 aliphatic heterocycles. The quantitative estimate of drug-likeness (QED) is 0.198. The average molecular weight is 525 g/mol. The van der Waals surface area contributed by atoms with Crippen LogP contribution in [0, 0.1) is 19.7 Å². The minimum absolute atomic E-state index is 0.0552. The van der Waals surface area contributed by atoms with Crippen molar-refractivity contribution in [2.24, 2.45) is 0 Å². The van der Waals surface area contributed by atoms with Gasteiger partial charge in [0.15, 0.2) is 5.13 Å². The largest absolute Gasteiger partial charge is 0.507 e. The van der Waals surface area contributed by atoms with Crippen molar-refractivity contribution in [1.29, 1.82) is 0 Å². The molecule has 3 aromatic rings. The number of aliphatic hydroxyl groups is 1. The Bertz CT molecular complexity index is 1410. The first-order valence-electron chi connectivity index (χ1n) is 11.6. The fourth-order valence-corrected chi connectivity index (χ4v) is 5.01. The van der Waals surface area contributed by atoms with Crippen molar-refractivity contribution in [3.8, 4) is 5.75 Å². The summed E-state index contributed by atoms with van der Waals surface area (Å²) in [6.07, 6.45) is 0. The zero-order chi connectivity index (χ0) is 26.9. The molecule has 2 heterocycles. The Morgan fingerprint density at radius 3 is 2.43 bits per heavy atom. The number of anilines is 1. The van der Waals surface area contributed by atoms with Crippen LogP contribution in [0.5, 0.6) is 5.75 Å². The summed E-state index contributed by atoms with van der Waals surface area (Å²) in [5, 5.41) is 11.3. The Morgan fingerprint density at radius 1 is 1.11 bits per heavy atom. The van der Waals surface area contributed by atoms with Crippen LogP contribution >= 0.6 is 11.3 Å². The van der Waals surface area contributed by atoms with Crippen molar-refractivity contribution in [2.75, 3.05) is 18.1 Å². The summed E-state index contributed by atoms with van der Waals surface area (Å²) >= 11 is 0.913. The minimum Gasteiger partial charge on any atom is -0.507 e. The summed E-state index contributed by atoms with van der Waals surface area (Å²) in [4.78, 5) is 44.7. The van der Waals surface area contributed by atoms with Crippen LogP contribution in [0.2, 0.25) is 0 Å². The van der Waals surface area contributed by atoms with Crippen molar-refractivity contribution in [2.45, 2.75) is 33.7 Å². The van der Waals surface area contributed by atoms with Crippen molar-refractivity contribution in [3.05, 3.63) is 81.1 Å². The number of halogens is 1. The molecule has 0 saturated carbocycles. The topological polar surface area (TPSA) is 106 Å². The van der Waals surface area contributed by atoms with Crippen molar-refractivity contribution >= 4 is 39.9 Å². The highest BCUT2D eigenvalue weighted by atomic mass is 32.1. The molecule has 2 aromatic carbocycles. The molecule has 1 N–H and O–H groups in total. The molecule has 192 valence electrons. The number of carbonyl (C=O) groups excluding carboxylic acids is 3. The van der Waals surface area contributed by atoms with Crippen LogP contribution in [-0.4, -0.2) is 41.0 Å². The predicted molar refractivity (Wildman–Crippen MR) is 136 cm³/mol. The second-order valence-electron chi connectivity index (χ2n) is 8.27. The number of amides is 1. The van der Waals surface area contributed by atoms with Crippen molar-refractivity contribution < 1.29 is 33.4 Å². The van der Waals surface area contributed by atoms with Gasteiger partial charge in [0.25, 0.3) is 5.78 Å². The van der Waals surface area contributed by atoms with Crippen LogP contribution in [0.4, 0.5) is 9.52 Å². The SMILES string of the molecule is CCOC(=O)c1sc(N2C(=O)C(=O)C(=C(O)c3ccc(C)c(F)c3)[C@@H]2c2ccc(OCC)cc2)nc1C. The molecule has 1 saturated heterocycles. The monoisotopic (exact) mass is 524 g/mol. The van der Waals surface area contributed by atoms with Gasteiger partial charge in [-0.2, -0.15) is 0 Å². The smallest absolute Gasteiger partial charge is 0.350 e. The first kappa shape index (κ1) is 26.0. The lowest BCUT2D eigenvalue weighted by molar-refractivity contribution is -0.132. The van der Waals surface area contributed by atoms with E-state index in [1.54, 1.807) is 45.0 Å². The van der Waals surface area contributed by atoms with E-state index < -0.39 is 35.3 Å². The zero-order valence-corrected chi connectivity index (χ0v) is 21.5. The number of hydrogen-bond donors (Lipinski definition) is 1. The Morgan fingerprint density at radius 2 is 1.81 bits per heavy atom. The predicted octanol–water partition coefficient (Wildman–Crippen LogP) is 5.10. The molecule has 0 unspecified atom stereocenters. The first-order valence-corrected chi connectivity index (χ1v) is 12.4. The van der Waals surface area contributed by atoms with Gasteiger partial charge >= 0.3 is 11.9 Å². The molecular weight excluding hydrogens is 499 g/mol. The van der Waals surface area contributed by atoms with Crippen molar-refractivity contribution in [3.63, 3.8) is 0 Å². The number of hydrogen-bond acceptors (Lipinski definition) is 8. The molecular formula is C27H25FN2O6S. The van der Waals surface area contributed by atoms with E-state index in [9.17, 15) is 23.9 Å². The maximum absolute atomic E-state index is 14.3. The van der Waals surface area contributed by atoms with E-state index in [1.165, 1.54) is 12.1 Å². The molecule has 37 heavy (non-hydrogen) atoms. The molecule has 1 atom stereocenters. The number of ketones is 1. The summed E-state index contributed by atoms with van der Waals surface area (Å²) in [5.74, 6) is -2.98. The number of esters is 1. The van der Waals surface area contributed by atoms with E-state index >= 15 is 0 Å². The number of nitrogens with zero attached hydrogens (tertiary/aromatic N) is 2. The number of ether oxygens (including phenoxy) is 2. The second kappa shape index (κ2) is 10.5. The third-order valence-electron chi connectivity index (χ3n) is 5.85. The van der Waals surface area contributed by atoms with Crippen LogP contribution in [0.1, 0.15) is 51.9 Å². The Labute approximate surface area is 217 Å². The number of aliphatic hydroxyl groups excluding tert-OH is 1. The standard InChI is InChI=1S/C27H25FN2O6S/c1-5-35-18-11-9-16(10-12-18)21-20(22(31)17-8-7-14(3)19(28)13-17)23(32)25(33)30(21)27-29-15(4)24(37-27)26(34)36-6-2/h7-13,21,31H,5-6H2,1-4H3/t21-/m0/s1. The molecule has 1 aromatic heterocycles. The number of aromatic nitrogens is 1. The summed E-state index contributed by atoms with van der Waals surface area (Å²) in [7, 11) is 0. The van der Waals surface area contributed by atoms with E-state index in [1.807, 2.05) is 6.92 Å². The van der Waals surface area contributed by atoms with Gasteiger partial charge < -0.3 is 14.6 Å². The summed E-state index contributed by atoms with van der Waals surface area (Å²) in [6.45, 7) is 7.30. The number of rotatable bonds is 7. The highest BCUT2D eigenvalue weighted by molar-refractivity contribution is 7.17. The summed E-state index contributed by atoms with van der Waals surface area (Å²) in [6, 6.07) is 9.68. The molecule has 0 bridgehead atoms. The fourth-order valence-electron chi connectivity index (χ4n) is 4.03. The van der Waals surface area contributed by atoms with Crippen LogP contribution in [-0.2, 0) is 14.3 Å². The van der Waals surface area contributed by atoms with Crippen LogP contribution in [0.15, 0.2) is 48.0 Å². The van der Waals surface area contributed by atoms with E-state index in [-0.39, 0.29) is 27.8 Å². The average Bonchev–Trinajstić information content (AvgIpc) is 3.38. The van der Waals surface area contributed by atoms with E-state index in [0.717, 1.165) is 22.3 Å². The molecule has 0 spiro atoms. The fraction of sp³-hybridized carbons (Fsp3) is 0.259. The van der Waals surface area contributed by atoms with Crippen LogP contribution in [0.3, 0.4) is 0 Å². The van der Waals surface area contributed by atoms with Crippen LogP contribution in [0.25, 0.3) is 5.76 Å². The lowest BCUT2D eigenvalue weighted by atomic mass is 9.95. The lowest BCUT2D eigenvalue weighted by Crippen LogP contribution is -2.29. The normalized spacial score (nSPS) is 16.8. The highest BCUT2D eigenvalue weighted by Crippen LogP contribution is 2.44. The Balaban J connectivity index is 1.90. The Hall–Kier alpha value is -4.05.